The number of alkyl halides is 3. The zero-order valence-electron chi connectivity index (χ0n) is 10.6. The van der Waals surface area contributed by atoms with Crippen LogP contribution in [-0.4, -0.2) is 37.4 Å². The van der Waals surface area contributed by atoms with Crippen LogP contribution in [0.2, 0.25) is 0 Å². The summed E-state index contributed by atoms with van der Waals surface area (Å²) < 4.78 is 47.0. The molecular weight excluding hydrogens is 267 g/mol. The fraction of sp³-hybridized carbons (Fsp3) is 0.636. The fourth-order valence-corrected chi connectivity index (χ4v) is 1.22. The predicted molar refractivity (Wildman–Crippen MR) is 60.0 cm³/mol. The molecule has 0 aromatic rings. The third-order valence-corrected chi connectivity index (χ3v) is 1.98. The van der Waals surface area contributed by atoms with Crippen molar-refractivity contribution in [1.82, 2.24) is 0 Å². The lowest BCUT2D eigenvalue weighted by Crippen LogP contribution is -2.34. The van der Waals surface area contributed by atoms with Gasteiger partial charge in [-0.3, -0.25) is 4.79 Å². The topological polar surface area (TPSA) is 78.6 Å². The molecule has 0 saturated heterocycles. The van der Waals surface area contributed by atoms with Gasteiger partial charge in [-0.1, -0.05) is 0 Å². The first-order valence-electron chi connectivity index (χ1n) is 5.59. The van der Waals surface area contributed by atoms with Crippen LogP contribution < -0.4 is 5.73 Å². The van der Waals surface area contributed by atoms with Crippen LogP contribution in [0.5, 0.6) is 0 Å². The Morgan fingerprint density at radius 3 is 2.16 bits per heavy atom. The first-order chi connectivity index (χ1) is 8.72. The largest absolute Gasteiger partial charge is 0.466 e. The van der Waals surface area contributed by atoms with E-state index < -0.39 is 36.2 Å². The van der Waals surface area contributed by atoms with E-state index in [0.717, 1.165) is 0 Å². The van der Waals surface area contributed by atoms with Gasteiger partial charge in [-0.2, -0.15) is 13.2 Å². The van der Waals surface area contributed by atoms with E-state index >= 15 is 0 Å². The van der Waals surface area contributed by atoms with Gasteiger partial charge in [0.15, 0.2) is 0 Å². The van der Waals surface area contributed by atoms with Gasteiger partial charge in [0.05, 0.1) is 25.2 Å². The van der Waals surface area contributed by atoms with Crippen molar-refractivity contribution in [2.24, 2.45) is 5.73 Å². The summed E-state index contributed by atoms with van der Waals surface area (Å²) in [5.41, 5.74) is 3.96. The molecule has 1 atom stereocenters. The maximum absolute atomic E-state index is 12.7. The predicted octanol–water partition coefficient (Wildman–Crippen LogP) is 1.32. The Bertz CT molecular complexity index is 352. The van der Waals surface area contributed by atoms with Crippen molar-refractivity contribution in [2.45, 2.75) is 32.5 Å². The number of carbonyl (C=O) groups is 2. The van der Waals surface area contributed by atoms with E-state index in [2.05, 4.69) is 9.47 Å². The van der Waals surface area contributed by atoms with E-state index in [-0.39, 0.29) is 19.3 Å². The highest BCUT2D eigenvalue weighted by molar-refractivity contribution is 5.83. The summed E-state index contributed by atoms with van der Waals surface area (Å²) in [5, 5.41) is 0. The maximum Gasteiger partial charge on any atom is 0.414 e. The number of hydrogen-bond acceptors (Lipinski definition) is 5. The summed E-state index contributed by atoms with van der Waals surface area (Å²) in [6.45, 7) is 2.95. The first-order valence-corrected chi connectivity index (χ1v) is 5.59. The molecule has 2 N–H and O–H groups in total. The molecule has 0 radical (unpaired) electrons. The van der Waals surface area contributed by atoms with Gasteiger partial charge in [0, 0.05) is 12.1 Å². The van der Waals surface area contributed by atoms with Crippen LogP contribution in [0.1, 0.15) is 20.3 Å². The number of hydrogen-bond donors (Lipinski definition) is 1. The second-order valence-corrected chi connectivity index (χ2v) is 3.47. The number of halogens is 3. The van der Waals surface area contributed by atoms with Gasteiger partial charge in [-0.25, -0.2) is 4.79 Å². The minimum absolute atomic E-state index is 0.0362. The van der Waals surface area contributed by atoms with E-state index in [4.69, 9.17) is 5.73 Å². The second-order valence-electron chi connectivity index (χ2n) is 3.47. The second kappa shape index (κ2) is 7.78. The minimum atomic E-state index is -4.82. The summed E-state index contributed by atoms with van der Waals surface area (Å²) in [7, 11) is 0. The molecule has 0 aliphatic carbocycles. The zero-order valence-corrected chi connectivity index (χ0v) is 10.6. The Kier molecular flexibility index (Phi) is 7.13. The van der Waals surface area contributed by atoms with E-state index in [1.54, 1.807) is 0 Å². The van der Waals surface area contributed by atoms with Crippen molar-refractivity contribution in [2.75, 3.05) is 13.2 Å². The Balaban J connectivity index is 4.96. The van der Waals surface area contributed by atoms with Gasteiger partial charge in [-0.15, -0.1) is 0 Å². The smallest absolute Gasteiger partial charge is 0.414 e. The van der Waals surface area contributed by atoms with Crippen LogP contribution >= 0.6 is 0 Å². The molecule has 5 nitrogen and oxygen atoms in total. The molecule has 0 amide bonds. The van der Waals surface area contributed by atoms with Crippen LogP contribution in [0.25, 0.3) is 0 Å². The average Bonchev–Trinajstić information content (AvgIpc) is 2.24. The van der Waals surface area contributed by atoms with E-state index in [0.29, 0.717) is 0 Å². The molecule has 0 aliphatic heterocycles. The third-order valence-electron chi connectivity index (χ3n) is 1.98. The molecule has 0 saturated carbocycles. The molecule has 0 bridgehead atoms. The molecule has 0 fully saturated rings. The van der Waals surface area contributed by atoms with Crippen molar-refractivity contribution in [1.29, 1.82) is 0 Å². The van der Waals surface area contributed by atoms with Gasteiger partial charge in [0.2, 0.25) is 0 Å². The number of ether oxygens (including phenoxy) is 2. The third kappa shape index (κ3) is 6.80. The lowest BCUT2D eigenvalue weighted by molar-refractivity contribution is -0.144. The SMILES string of the molecule is CCOC(=O)/C=C(/C(N)CC(=O)OCC)C(F)(F)F. The van der Waals surface area contributed by atoms with Gasteiger partial charge in [0.25, 0.3) is 0 Å². The highest BCUT2D eigenvalue weighted by Gasteiger charge is 2.39. The number of rotatable bonds is 6. The van der Waals surface area contributed by atoms with E-state index in [1.807, 2.05) is 0 Å². The van der Waals surface area contributed by atoms with Crippen molar-refractivity contribution < 1.29 is 32.2 Å². The van der Waals surface area contributed by atoms with Crippen molar-refractivity contribution >= 4 is 11.9 Å². The molecular formula is C11H16F3NO4. The molecule has 110 valence electrons. The molecule has 19 heavy (non-hydrogen) atoms. The van der Waals surface area contributed by atoms with Crippen LogP contribution in [0.15, 0.2) is 11.6 Å². The number of nitrogens with two attached hydrogens (primary N) is 1. The Labute approximate surface area is 108 Å². The zero-order chi connectivity index (χ0) is 15.1. The normalized spacial score (nSPS) is 13.9. The molecule has 8 heteroatoms. The summed E-state index contributed by atoms with van der Waals surface area (Å²) in [4.78, 5) is 22.1. The Hall–Kier alpha value is -1.57. The van der Waals surface area contributed by atoms with Crippen molar-refractivity contribution in [3.63, 3.8) is 0 Å². The molecule has 0 heterocycles. The fourth-order valence-electron chi connectivity index (χ4n) is 1.22. The highest BCUT2D eigenvalue weighted by atomic mass is 19.4. The van der Waals surface area contributed by atoms with Gasteiger partial charge in [0.1, 0.15) is 0 Å². The van der Waals surface area contributed by atoms with Crippen molar-refractivity contribution in [3.05, 3.63) is 11.6 Å². The van der Waals surface area contributed by atoms with Crippen molar-refractivity contribution in [3.8, 4) is 0 Å². The summed E-state index contributed by atoms with van der Waals surface area (Å²) in [6.07, 6.45) is -5.23. The average molecular weight is 283 g/mol. The molecule has 0 aromatic heterocycles. The molecule has 0 spiro atoms. The standard InChI is InChI=1S/C11H16F3NO4/c1-3-18-9(16)5-7(11(12,13)14)8(15)6-10(17)19-4-2/h5,8H,3-4,6,15H2,1-2H3/b7-5-. The molecule has 0 aromatic carbocycles. The minimum Gasteiger partial charge on any atom is -0.466 e. The summed E-state index contributed by atoms with van der Waals surface area (Å²) in [5.74, 6) is -2.02. The first kappa shape index (κ1) is 17.4. The quantitative estimate of drug-likeness (QED) is 0.587. The molecule has 1 unspecified atom stereocenters. The van der Waals surface area contributed by atoms with Crippen LogP contribution in [0.3, 0.4) is 0 Å². The molecule has 0 rings (SSSR count). The summed E-state index contributed by atoms with van der Waals surface area (Å²) >= 11 is 0. The lowest BCUT2D eigenvalue weighted by atomic mass is 10.0. The Morgan fingerprint density at radius 1 is 1.21 bits per heavy atom. The van der Waals surface area contributed by atoms with E-state index in [9.17, 15) is 22.8 Å². The Morgan fingerprint density at radius 2 is 1.74 bits per heavy atom. The van der Waals surface area contributed by atoms with Crippen LogP contribution in [0.4, 0.5) is 13.2 Å². The number of carbonyl (C=O) groups excluding carboxylic acids is 2. The van der Waals surface area contributed by atoms with Gasteiger partial charge >= 0.3 is 18.1 Å². The van der Waals surface area contributed by atoms with Crippen LogP contribution in [-0.2, 0) is 19.1 Å². The van der Waals surface area contributed by atoms with Crippen LogP contribution in [0, 0.1) is 0 Å². The maximum atomic E-state index is 12.7. The van der Waals surface area contributed by atoms with Gasteiger partial charge < -0.3 is 15.2 Å². The highest BCUT2D eigenvalue weighted by Crippen LogP contribution is 2.28. The molecule has 0 aliphatic rings. The monoisotopic (exact) mass is 283 g/mol. The lowest BCUT2D eigenvalue weighted by Gasteiger charge is -2.17. The van der Waals surface area contributed by atoms with E-state index in [1.165, 1.54) is 13.8 Å². The summed E-state index contributed by atoms with van der Waals surface area (Å²) in [6, 6.07) is -1.68. The number of esters is 2. The van der Waals surface area contributed by atoms with Gasteiger partial charge in [-0.05, 0) is 13.8 Å².